The Morgan fingerprint density at radius 3 is 2.52 bits per heavy atom. The Balaban J connectivity index is 1.58. The molecule has 0 aliphatic heterocycles. The number of thiazole rings is 1. The molecule has 0 unspecified atom stereocenters. The maximum absolute atomic E-state index is 12.1. The summed E-state index contributed by atoms with van der Waals surface area (Å²) in [6.45, 7) is 4.64. The van der Waals surface area contributed by atoms with Crippen LogP contribution in [0.15, 0.2) is 54.6 Å². The summed E-state index contributed by atoms with van der Waals surface area (Å²) in [5, 5.41) is 4.04. The SMILES string of the molecule is Cc1ccccc1-c1nc(C)c(CNC(=O)CCc2ccccc2)s1. The highest BCUT2D eigenvalue weighted by molar-refractivity contribution is 7.15. The first-order chi connectivity index (χ1) is 12.1. The van der Waals surface area contributed by atoms with Crippen LogP contribution >= 0.6 is 11.3 Å². The van der Waals surface area contributed by atoms with E-state index >= 15 is 0 Å². The molecule has 0 aliphatic rings. The molecule has 0 fully saturated rings. The lowest BCUT2D eigenvalue weighted by Gasteiger charge is -2.04. The first-order valence-electron chi connectivity index (χ1n) is 8.46. The zero-order chi connectivity index (χ0) is 17.6. The summed E-state index contributed by atoms with van der Waals surface area (Å²) in [7, 11) is 0. The van der Waals surface area contributed by atoms with Gasteiger partial charge in [0.25, 0.3) is 0 Å². The van der Waals surface area contributed by atoms with Crippen molar-refractivity contribution in [1.29, 1.82) is 0 Å². The van der Waals surface area contributed by atoms with E-state index < -0.39 is 0 Å². The second kappa shape index (κ2) is 8.08. The summed E-state index contributed by atoms with van der Waals surface area (Å²) >= 11 is 1.66. The van der Waals surface area contributed by atoms with Crippen LogP contribution in [0.2, 0.25) is 0 Å². The maximum Gasteiger partial charge on any atom is 0.220 e. The summed E-state index contributed by atoms with van der Waals surface area (Å²) in [6.07, 6.45) is 1.27. The molecule has 0 bridgehead atoms. The van der Waals surface area contributed by atoms with E-state index in [0.717, 1.165) is 27.6 Å². The van der Waals surface area contributed by atoms with Crippen LogP contribution in [0, 0.1) is 13.8 Å². The molecule has 0 aliphatic carbocycles. The molecule has 3 rings (SSSR count). The molecule has 0 radical (unpaired) electrons. The molecule has 3 aromatic rings. The molecule has 4 heteroatoms. The van der Waals surface area contributed by atoms with E-state index in [9.17, 15) is 4.79 Å². The molecule has 128 valence electrons. The maximum atomic E-state index is 12.1. The number of nitrogens with one attached hydrogen (secondary N) is 1. The molecule has 25 heavy (non-hydrogen) atoms. The van der Waals surface area contributed by atoms with Gasteiger partial charge in [-0.2, -0.15) is 0 Å². The number of benzene rings is 2. The summed E-state index contributed by atoms with van der Waals surface area (Å²) in [5.41, 5.74) is 4.56. The number of nitrogens with zero attached hydrogens (tertiary/aromatic N) is 1. The van der Waals surface area contributed by atoms with E-state index in [0.29, 0.717) is 13.0 Å². The molecular formula is C21H22N2OS. The largest absolute Gasteiger partial charge is 0.351 e. The van der Waals surface area contributed by atoms with Gasteiger partial charge in [0.05, 0.1) is 12.2 Å². The van der Waals surface area contributed by atoms with Crippen LogP contribution in [0.3, 0.4) is 0 Å². The zero-order valence-electron chi connectivity index (χ0n) is 14.6. The minimum atomic E-state index is 0.0779. The molecular weight excluding hydrogens is 328 g/mol. The highest BCUT2D eigenvalue weighted by Crippen LogP contribution is 2.29. The molecule has 2 aromatic carbocycles. The Labute approximate surface area is 152 Å². The summed E-state index contributed by atoms with van der Waals surface area (Å²) in [6, 6.07) is 18.3. The Bertz CT molecular complexity index is 855. The predicted molar refractivity (Wildman–Crippen MR) is 104 cm³/mol. The number of carbonyl (C=O) groups is 1. The Morgan fingerprint density at radius 1 is 1.04 bits per heavy atom. The Kier molecular flexibility index (Phi) is 5.61. The third kappa shape index (κ3) is 4.54. The standard InChI is InChI=1S/C21H22N2OS/c1-15-8-6-7-11-18(15)21-23-16(2)19(25-21)14-22-20(24)13-12-17-9-4-3-5-10-17/h3-11H,12-14H2,1-2H3,(H,22,24). The van der Waals surface area contributed by atoms with Gasteiger partial charge in [-0.05, 0) is 31.4 Å². The van der Waals surface area contributed by atoms with Crippen LogP contribution in [0.4, 0.5) is 0 Å². The third-order valence-electron chi connectivity index (χ3n) is 4.20. The lowest BCUT2D eigenvalue weighted by atomic mass is 10.1. The van der Waals surface area contributed by atoms with Gasteiger partial charge in [-0.3, -0.25) is 4.79 Å². The van der Waals surface area contributed by atoms with Crippen LogP contribution in [0.25, 0.3) is 10.6 Å². The van der Waals surface area contributed by atoms with Gasteiger partial charge in [-0.25, -0.2) is 4.98 Å². The van der Waals surface area contributed by atoms with Gasteiger partial charge in [0.2, 0.25) is 5.91 Å². The van der Waals surface area contributed by atoms with Gasteiger partial charge in [-0.15, -0.1) is 11.3 Å². The number of aromatic nitrogens is 1. The second-order valence-electron chi connectivity index (χ2n) is 6.10. The molecule has 1 aromatic heterocycles. The molecule has 0 saturated carbocycles. The van der Waals surface area contributed by atoms with Crippen molar-refractivity contribution < 1.29 is 4.79 Å². The van der Waals surface area contributed by atoms with Gasteiger partial charge in [0.1, 0.15) is 5.01 Å². The lowest BCUT2D eigenvalue weighted by molar-refractivity contribution is -0.121. The van der Waals surface area contributed by atoms with Crippen LogP contribution < -0.4 is 5.32 Å². The van der Waals surface area contributed by atoms with Gasteiger partial charge in [-0.1, -0.05) is 54.6 Å². The monoisotopic (exact) mass is 350 g/mol. The Morgan fingerprint density at radius 2 is 1.76 bits per heavy atom. The van der Waals surface area contributed by atoms with E-state index in [2.05, 4.69) is 41.5 Å². The lowest BCUT2D eigenvalue weighted by Crippen LogP contribution is -2.22. The van der Waals surface area contributed by atoms with Crippen molar-refractivity contribution in [3.05, 3.63) is 76.3 Å². The van der Waals surface area contributed by atoms with Gasteiger partial charge in [0.15, 0.2) is 0 Å². The van der Waals surface area contributed by atoms with E-state index in [-0.39, 0.29) is 5.91 Å². The van der Waals surface area contributed by atoms with Crippen molar-refractivity contribution in [3.8, 4) is 10.6 Å². The fourth-order valence-electron chi connectivity index (χ4n) is 2.69. The van der Waals surface area contributed by atoms with Crippen molar-refractivity contribution in [1.82, 2.24) is 10.3 Å². The van der Waals surface area contributed by atoms with Crippen LogP contribution in [0.5, 0.6) is 0 Å². The topological polar surface area (TPSA) is 42.0 Å². The quantitative estimate of drug-likeness (QED) is 0.701. The highest BCUT2D eigenvalue weighted by atomic mass is 32.1. The molecule has 0 spiro atoms. The van der Waals surface area contributed by atoms with Crippen LogP contribution in [-0.2, 0) is 17.8 Å². The first kappa shape index (κ1) is 17.4. The molecule has 0 atom stereocenters. The summed E-state index contributed by atoms with van der Waals surface area (Å²) < 4.78 is 0. The highest BCUT2D eigenvalue weighted by Gasteiger charge is 2.12. The number of hydrogen-bond acceptors (Lipinski definition) is 3. The number of carbonyl (C=O) groups excluding carboxylic acids is 1. The molecule has 1 amide bonds. The van der Waals surface area contributed by atoms with Crippen molar-refractivity contribution in [2.75, 3.05) is 0 Å². The number of rotatable bonds is 6. The van der Waals surface area contributed by atoms with E-state index in [1.807, 2.05) is 37.3 Å². The van der Waals surface area contributed by atoms with Gasteiger partial charge in [0, 0.05) is 16.9 Å². The van der Waals surface area contributed by atoms with Crippen molar-refractivity contribution in [3.63, 3.8) is 0 Å². The van der Waals surface area contributed by atoms with Crippen molar-refractivity contribution in [2.24, 2.45) is 0 Å². The molecule has 1 N–H and O–H groups in total. The normalized spacial score (nSPS) is 10.6. The number of aryl methyl sites for hydroxylation is 3. The van der Waals surface area contributed by atoms with E-state index in [1.54, 1.807) is 11.3 Å². The Hall–Kier alpha value is -2.46. The minimum absolute atomic E-state index is 0.0779. The smallest absolute Gasteiger partial charge is 0.220 e. The van der Waals surface area contributed by atoms with Gasteiger partial charge >= 0.3 is 0 Å². The number of amides is 1. The minimum Gasteiger partial charge on any atom is -0.351 e. The molecule has 0 saturated heterocycles. The first-order valence-corrected chi connectivity index (χ1v) is 9.28. The average molecular weight is 350 g/mol. The summed E-state index contributed by atoms with van der Waals surface area (Å²) in [5.74, 6) is 0.0779. The van der Waals surface area contributed by atoms with Crippen LogP contribution in [0.1, 0.15) is 28.1 Å². The van der Waals surface area contributed by atoms with Crippen molar-refractivity contribution in [2.45, 2.75) is 33.2 Å². The molecule has 1 heterocycles. The van der Waals surface area contributed by atoms with E-state index in [4.69, 9.17) is 0 Å². The average Bonchev–Trinajstić information content (AvgIpc) is 3.00. The van der Waals surface area contributed by atoms with E-state index in [1.165, 1.54) is 11.1 Å². The fourth-order valence-corrected chi connectivity index (χ4v) is 3.78. The number of hydrogen-bond donors (Lipinski definition) is 1. The zero-order valence-corrected chi connectivity index (χ0v) is 15.4. The van der Waals surface area contributed by atoms with Gasteiger partial charge < -0.3 is 5.32 Å². The van der Waals surface area contributed by atoms with Crippen molar-refractivity contribution >= 4 is 17.2 Å². The fraction of sp³-hybridized carbons (Fsp3) is 0.238. The molecule has 3 nitrogen and oxygen atoms in total. The summed E-state index contributed by atoms with van der Waals surface area (Å²) in [4.78, 5) is 17.9. The van der Waals surface area contributed by atoms with Crippen LogP contribution in [-0.4, -0.2) is 10.9 Å². The predicted octanol–water partition coefficient (Wildman–Crippen LogP) is 4.68. The third-order valence-corrected chi connectivity index (χ3v) is 5.39. The second-order valence-corrected chi connectivity index (χ2v) is 7.19.